The monoisotopic (exact) mass is 265 g/mol. The molecule has 19 heavy (non-hydrogen) atoms. The fourth-order valence-electron chi connectivity index (χ4n) is 2.85. The van der Waals surface area contributed by atoms with E-state index in [4.69, 9.17) is 4.74 Å². The number of likely N-dealkylation sites (N-methyl/N-ethyl adjacent to an activating group) is 1. The Bertz CT molecular complexity index is 383. The number of ether oxygens (including phenoxy) is 1. The van der Waals surface area contributed by atoms with Crippen LogP contribution in [0.25, 0.3) is 0 Å². The molecule has 0 radical (unpaired) electrons. The van der Waals surface area contributed by atoms with E-state index in [1.165, 1.54) is 24.2 Å². The van der Waals surface area contributed by atoms with Crippen molar-refractivity contribution in [3.05, 3.63) is 17.5 Å². The second-order valence-corrected chi connectivity index (χ2v) is 5.45. The molecule has 1 N–H and O–H groups in total. The summed E-state index contributed by atoms with van der Waals surface area (Å²) in [5.41, 5.74) is 2.56. The van der Waals surface area contributed by atoms with Crippen LogP contribution in [0.1, 0.15) is 38.1 Å². The van der Waals surface area contributed by atoms with Crippen LogP contribution in [-0.4, -0.2) is 36.1 Å². The Kier molecular flexibility index (Phi) is 5.40. The Balaban J connectivity index is 1.98. The summed E-state index contributed by atoms with van der Waals surface area (Å²) >= 11 is 0. The van der Waals surface area contributed by atoms with Crippen molar-refractivity contribution in [3.8, 4) is 0 Å². The molecule has 2 heterocycles. The van der Waals surface area contributed by atoms with Crippen LogP contribution in [0, 0.1) is 5.92 Å². The lowest BCUT2D eigenvalue weighted by atomic mass is 9.96. The molecule has 1 aromatic heterocycles. The molecule has 108 valence electrons. The number of nitrogens with one attached hydrogen (secondary N) is 1. The molecule has 0 saturated carbocycles. The van der Waals surface area contributed by atoms with Crippen molar-refractivity contribution in [2.45, 2.75) is 52.1 Å². The number of hydrogen-bond acceptors (Lipinski definition) is 3. The van der Waals surface area contributed by atoms with Gasteiger partial charge in [0.2, 0.25) is 0 Å². The quantitative estimate of drug-likeness (QED) is 0.820. The van der Waals surface area contributed by atoms with Gasteiger partial charge in [-0.15, -0.1) is 0 Å². The van der Waals surface area contributed by atoms with Gasteiger partial charge < -0.3 is 10.1 Å². The van der Waals surface area contributed by atoms with E-state index in [0.717, 1.165) is 38.5 Å². The molecule has 1 saturated heterocycles. The summed E-state index contributed by atoms with van der Waals surface area (Å²) in [6.07, 6.45) is 4.49. The highest BCUT2D eigenvalue weighted by Gasteiger charge is 2.21. The standard InChI is InChI=1S/C15H27N3O/c1-4-13-9-15(18(5-2)17-13)10-14(16-3)8-12-6-7-19-11-12/h9,12,14,16H,4-8,10-11H2,1-3H3. The molecule has 1 aliphatic rings. The van der Waals surface area contributed by atoms with Crippen molar-refractivity contribution in [3.63, 3.8) is 0 Å². The Morgan fingerprint density at radius 2 is 2.37 bits per heavy atom. The van der Waals surface area contributed by atoms with E-state index in [1.807, 2.05) is 0 Å². The minimum absolute atomic E-state index is 0.526. The molecule has 0 bridgehead atoms. The summed E-state index contributed by atoms with van der Waals surface area (Å²) in [6, 6.07) is 2.79. The zero-order valence-electron chi connectivity index (χ0n) is 12.5. The van der Waals surface area contributed by atoms with Gasteiger partial charge in [-0.2, -0.15) is 5.10 Å². The van der Waals surface area contributed by atoms with E-state index < -0.39 is 0 Å². The first-order valence-corrected chi connectivity index (χ1v) is 7.57. The molecule has 2 atom stereocenters. The zero-order valence-corrected chi connectivity index (χ0v) is 12.5. The first kappa shape index (κ1) is 14.5. The molecule has 4 nitrogen and oxygen atoms in total. The number of hydrogen-bond donors (Lipinski definition) is 1. The number of aryl methyl sites for hydroxylation is 2. The molecule has 2 rings (SSSR count). The van der Waals surface area contributed by atoms with E-state index in [2.05, 4.69) is 42.1 Å². The first-order valence-electron chi connectivity index (χ1n) is 7.57. The van der Waals surface area contributed by atoms with Crippen LogP contribution >= 0.6 is 0 Å². The summed E-state index contributed by atoms with van der Waals surface area (Å²) in [6.45, 7) is 7.16. The van der Waals surface area contributed by atoms with Gasteiger partial charge in [0, 0.05) is 37.9 Å². The highest BCUT2D eigenvalue weighted by Crippen LogP contribution is 2.20. The van der Waals surface area contributed by atoms with Crippen LogP contribution in [0.15, 0.2) is 6.07 Å². The molecule has 1 aliphatic heterocycles. The van der Waals surface area contributed by atoms with E-state index in [-0.39, 0.29) is 0 Å². The van der Waals surface area contributed by atoms with E-state index in [0.29, 0.717) is 6.04 Å². The van der Waals surface area contributed by atoms with Crippen molar-refractivity contribution >= 4 is 0 Å². The number of rotatable bonds is 7. The minimum Gasteiger partial charge on any atom is -0.381 e. The van der Waals surface area contributed by atoms with Gasteiger partial charge in [-0.25, -0.2) is 0 Å². The SMILES string of the molecule is CCc1cc(CC(CC2CCOC2)NC)n(CC)n1. The summed E-state index contributed by atoms with van der Waals surface area (Å²) in [5, 5.41) is 8.09. The minimum atomic E-state index is 0.526. The van der Waals surface area contributed by atoms with Crippen LogP contribution in [0.4, 0.5) is 0 Å². The molecule has 0 spiro atoms. The van der Waals surface area contributed by atoms with Gasteiger partial charge in [0.15, 0.2) is 0 Å². The molecule has 0 aliphatic carbocycles. The van der Waals surface area contributed by atoms with Crippen molar-refractivity contribution in [1.29, 1.82) is 0 Å². The van der Waals surface area contributed by atoms with Gasteiger partial charge in [-0.05, 0) is 45.2 Å². The smallest absolute Gasteiger partial charge is 0.0624 e. The normalized spacial score (nSPS) is 20.9. The second kappa shape index (κ2) is 7.06. The van der Waals surface area contributed by atoms with E-state index >= 15 is 0 Å². The van der Waals surface area contributed by atoms with Gasteiger partial charge >= 0.3 is 0 Å². The molecule has 0 aromatic carbocycles. The molecule has 1 fully saturated rings. The van der Waals surface area contributed by atoms with Gasteiger partial charge in [0.1, 0.15) is 0 Å². The van der Waals surface area contributed by atoms with Crippen molar-refractivity contribution < 1.29 is 4.74 Å². The molecule has 1 aromatic rings. The van der Waals surface area contributed by atoms with Crippen LogP contribution in [0.5, 0.6) is 0 Å². The summed E-state index contributed by atoms with van der Waals surface area (Å²) < 4.78 is 7.62. The van der Waals surface area contributed by atoms with Gasteiger partial charge in [0.25, 0.3) is 0 Å². The molecule has 0 amide bonds. The van der Waals surface area contributed by atoms with Crippen molar-refractivity contribution in [1.82, 2.24) is 15.1 Å². The van der Waals surface area contributed by atoms with E-state index in [1.54, 1.807) is 0 Å². The first-order chi connectivity index (χ1) is 9.26. The second-order valence-electron chi connectivity index (χ2n) is 5.45. The summed E-state index contributed by atoms with van der Waals surface area (Å²) in [4.78, 5) is 0. The summed E-state index contributed by atoms with van der Waals surface area (Å²) in [5.74, 6) is 0.723. The van der Waals surface area contributed by atoms with Crippen LogP contribution in [0.3, 0.4) is 0 Å². The van der Waals surface area contributed by atoms with Crippen molar-refractivity contribution in [2.75, 3.05) is 20.3 Å². The Morgan fingerprint density at radius 3 is 2.95 bits per heavy atom. The third-order valence-corrected chi connectivity index (χ3v) is 4.08. The maximum absolute atomic E-state index is 5.47. The van der Waals surface area contributed by atoms with Crippen LogP contribution < -0.4 is 5.32 Å². The third kappa shape index (κ3) is 3.80. The molecule has 2 unspecified atom stereocenters. The predicted octanol–water partition coefficient (Wildman–Crippen LogP) is 2.02. The van der Waals surface area contributed by atoms with Crippen molar-refractivity contribution in [2.24, 2.45) is 5.92 Å². The molecular formula is C15H27N3O. The fourth-order valence-corrected chi connectivity index (χ4v) is 2.85. The molecule has 4 heteroatoms. The largest absolute Gasteiger partial charge is 0.381 e. The highest BCUT2D eigenvalue weighted by atomic mass is 16.5. The maximum Gasteiger partial charge on any atom is 0.0624 e. The number of nitrogens with zero attached hydrogens (tertiary/aromatic N) is 2. The topological polar surface area (TPSA) is 39.1 Å². The van der Waals surface area contributed by atoms with E-state index in [9.17, 15) is 0 Å². The fraction of sp³-hybridized carbons (Fsp3) is 0.800. The Morgan fingerprint density at radius 1 is 1.53 bits per heavy atom. The highest BCUT2D eigenvalue weighted by molar-refractivity contribution is 5.12. The van der Waals surface area contributed by atoms with Gasteiger partial charge in [-0.3, -0.25) is 4.68 Å². The third-order valence-electron chi connectivity index (χ3n) is 4.08. The summed E-state index contributed by atoms with van der Waals surface area (Å²) in [7, 11) is 2.06. The van der Waals surface area contributed by atoms with Crippen LogP contribution in [-0.2, 0) is 24.1 Å². The average Bonchev–Trinajstić information content (AvgIpc) is 3.06. The zero-order chi connectivity index (χ0) is 13.7. The maximum atomic E-state index is 5.47. The lowest BCUT2D eigenvalue weighted by Gasteiger charge is -2.19. The Hall–Kier alpha value is -0.870. The average molecular weight is 265 g/mol. The van der Waals surface area contributed by atoms with Gasteiger partial charge in [-0.1, -0.05) is 6.92 Å². The lowest BCUT2D eigenvalue weighted by Crippen LogP contribution is -2.31. The Labute approximate surface area is 116 Å². The van der Waals surface area contributed by atoms with Crippen LogP contribution in [0.2, 0.25) is 0 Å². The van der Waals surface area contributed by atoms with Gasteiger partial charge in [0.05, 0.1) is 5.69 Å². The molecular weight excluding hydrogens is 238 g/mol. The lowest BCUT2D eigenvalue weighted by molar-refractivity contribution is 0.181. The number of aromatic nitrogens is 2. The predicted molar refractivity (Wildman–Crippen MR) is 77.4 cm³/mol.